The Kier molecular flexibility index (Phi) is 7.77. The normalized spacial score (nSPS) is 12.4. The van der Waals surface area contributed by atoms with Crippen molar-refractivity contribution in [1.29, 1.82) is 5.26 Å². The maximum absolute atomic E-state index is 11.9. The van der Waals surface area contributed by atoms with Crippen LogP contribution in [-0.2, 0) is 4.79 Å². The highest BCUT2D eigenvalue weighted by molar-refractivity contribution is 5.97. The zero-order valence-electron chi connectivity index (χ0n) is 13.6. The molecule has 0 saturated heterocycles. The number of hydrogen-bond acceptors (Lipinski definition) is 3. The molecular formula is C18H25N3O. The van der Waals surface area contributed by atoms with E-state index in [0.717, 1.165) is 24.9 Å². The summed E-state index contributed by atoms with van der Waals surface area (Å²) < 4.78 is 0. The first-order valence-electron chi connectivity index (χ1n) is 7.87. The van der Waals surface area contributed by atoms with Gasteiger partial charge in [-0.15, -0.1) is 0 Å². The number of carbonyl (C=O) groups is 1. The Balaban J connectivity index is 2.81. The van der Waals surface area contributed by atoms with E-state index in [9.17, 15) is 4.79 Å². The van der Waals surface area contributed by atoms with Crippen molar-refractivity contribution in [3.05, 3.63) is 41.6 Å². The van der Waals surface area contributed by atoms with E-state index in [1.54, 1.807) is 0 Å². The highest BCUT2D eigenvalue weighted by atomic mass is 16.1. The van der Waals surface area contributed by atoms with Crippen molar-refractivity contribution in [2.75, 3.05) is 11.9 Å². The molecule has 4 heteroatoms. The number of nitrogens with zero attached hydrogens (tertiary/aromatic N) is 1. The van der Waals surface area contributed by atoms with Crippen molar-refractivity contribution >= 4 is 11.6 Å². The summed E-state index contributed by atoms with van der Waals surface area (Å²) in [5.74, 6) is 0.0884. The molecule has 0 aliphatic heterocycles. The predicted molar refractivity (Wildman–Crippen MR) is 90.4 cm³/mol. The number of nitrogens with one attached hydrogen (secondary N) is 2. The highest BCUT2D eigenvalue weighted by Crippen LogP contribution is 2.26. The van der Waals surface area contributed by atoms with Crippen LogP contribution in [0.4, 0.5) is 5.69 Å². The smallest absolute Gasteiger partial charge is 0.263 e. The van der Waals surface area contributed by atoms with Crippen LogP contribution in [0, 0.1) is 11.3 Å². The molecule has 0 spiro atoms. The van der Waals surface area contributed by atoms with Crippen molar-refractivity contribution in [2.45, 2.75) is 46.0 Å². The largest absolute Gasteiger partial charge is 0.360 e. The molecule has 0 saturated carbocycles. The molecule has 1 amide bonds. The standard InChI is InChI=1S/C18H25N3O/c1-4-6-11-20-18(22)15(12-19)13-21-17-10-8-7-9-16(17)14(3)5-2/h7-10,13-14,21H,4-6,11H2,1-3H3,(H,20,22)/b15-13-. The number of nitriles is 1. The zero-order valence-corrected chi connectivity index (χ0v) is 13.6. The SMILES string of the molecule is CCCCNC(=O)/C(C#N)=C\Nc1ccccc1C(C)CC. The van der Waals surface area contributed by atoms with Gasteiger partial charge in [-0.3, -0.25) is 4.79 Å². The van der Waals surface area contributed by atoms with Gasteiger partial charge in [-0.25, -0.2) is 0 Å². The third-order valence-electron chi connectivity index (χ3n) is 3.66. The van der Waals surface area contributed by atoms with E-state index in [1.165, 1.54) is 11.8 Å². The zero-order chi connectivity index (χ0) is 16.4. The Morgan fingerprint density at radius 2 is 2.09 bits per heavy atom. The van der Waals surface area contributed by atoms with Crippen molar-refractivity contribution in [2.24, 2.45) is 0 Å². The van der Waals surface area contributed by atoms with Crippen LogP contribution in [0.25, 0.3) is 0 Å². The summed E-state index contributed by atoms with van der Waals surface area (Å²) in [5, 5.41) is 15.0. The van der Waals surface area contributed by atoms with E-state index in [0.29, 0.717) is 12.5 Å². The molecule has 1 rings (SSSR count). The van der Waals surface area contributed by atoms with Gasteiger partial charge >= 0.3 is 0 Å². The van der Waals surface area contributed by atoms with Crippen molar-refractivity contribution < 1.29 is 4.79 Å². The second-order valence-corrected chi connectivity index (χ2v) is 5.32. The fraction of sp³-hybridized carbons (Fsp3) is 0.444. The van der Waals surface area contributed by atoms with Gasteiger partial charge in [0.1, 0.15) is 11.6 Å². The number of carbonyl (C=O) groups excluding carboxylic acids is 1. The van der Waals surface area contributed by atoms with Crippen LogP contribution < -0.4 is 10.6 Å². The van der Waals surface area contributed by atoms with Crippen molar-refractivity contribution in [3.8, 4) is 6.07 Å². The molecule has 0 heterocycles. The Morgan fingerprint density at radius 3 is 2.73 bits per heavy atom. The summed E-state index contributed by atoms with van der Waals surface area (Å²) in [6.45, 7) is 6.95. The molecule has 4 nitrogen and oxygen atoms in total. The number of rotatable bonds is 8. The van der Waals surface area contributed by atoms with Crippen LogP contribution in [0.5, 0.6) is 0 Å². The molecular weight excluding hydrogens is 274 g/mol. The molecule has 0 radical (unpaired) electrons. The van der Waals surface area contributed by atoms with Crippen LogP contribution in [-0.4, -0.2) is 12.5 Å². The number of hydrogen-bond donors (Lipinski definition) is 2. The average molecular weight is 299 g/mol. The molecule has 1 atom stereocenters. The minimum absolute atomic E-state index is 0.0926. The third-order valence-corrected chi connectivity index (χ3v) is 3.66. The van der Waals surface area contributed by atoms with Crippen LogP contribution in [0.1, 0.15) is 51.5 Å². The predicted octanol–water partition coefficient (Wildman–Crippen LogP) is 3.94. The van der Waals surface area contributed by atoms with Crippen LogP contribution in [0.2, 0.25) is 0 Å². The second-order valence-electron chi connectivity index (χ2n) is 5.32. The molecule has 0 aliphatic carbocycles. The molecule has 0 aliphatic rings. The molecule has 118 valence electrons. The average Bonchev–Trinajstić information content (AvgIpc) is 2.55. The molecule has 0 fully saturated rings. The lowest BCUT2D eigenvalue weighted by Gasteiger charge is -2.14. The molecule has 0 bridgehead atoms. The van der Waals surface area contributed by atoms with Gasteiger partial charge in [0.25, 0.3) is 5.91 Å². The summed E-state index contributed by atoms with van der Waals surface area (Å²) in [5.41, 5.74) is 2.21. The van der Waals surface area contributed by atoms with E-state index in [-0.39, 0.29) is 11.5 Å². The monoisotopic (exact) mass is 299 g/mol. The topological polar surface area (TPSA) is 64.9 Å². The van der Waals surface area contributed by atoms with E-state index in [4.69, 9.17) is 5.26 Å². The molecule has 22 heavy (non-hydrogen) atoms. The Bertz CT molecular complexity index is 558. The summed E-state index contributed by atoms with van der Waals surface area (Å²) in [6.07, 6.45) is 4.44. The van der Waals surface area contributed by atoms with Gasteiger partial charge in [0.15, 0.2) is 0 Å². The quantitative estimate of drug-likeness (QED) is 0.434. The van der Waals surface area contributed by atoms with Crippen LogP contribution >= 0.6 is 0 Å². The molecule has 1 aromatic carbocycles. The first-order chi connectivity index (χ1) is 10.6. The van der Waals surface area contributed by atoms with Gasteiger partial charge in [-0.2, -0.15) is 5.26 Å². The number of anilines is 1. The molecule has 1 aromatic rings. The first kappa shape index (κ1) is 17.8. The second kappa shape index (κ2) is 9.62. The number of benzene rings is 1. The van der Waals surface area contributed by atoms with Gasteiger partial charge in [-0.1, -0.05) is 45.4 Å². The fourth-order valence-corrected chi connectivity index (χ4v) is 2.05. The Labute approximate surface area is 133 Å². The minimum Gasteiger partial charge on any atom is -0.360 e. The van der Waals surface area contributed by atoms with Crippen molar-refractivity contribution in [3.63, 3.8) is 0 Å². The van der Waals surface area contributed by atoms with Gasteiger partial charge in [0.05, 0.1) is 0 Å². The van der Waals surface area contributed by atoms with E-state index in [2.05, 4.69) is 37.5 Å². The molecule has 0 aromatic heterocycles. The molecule has 2 N–H and O–H groups in total. The summed E-state index contributed by atoms with van der Waals surface area (Å²) in [4.78, 5) is 11.9. The summed E-state index contributed by atoms with van der Waals surface area (Å²) in [7, 11) is 0. The van der Waals surface area contributed by atoms with Gasteiger partial charge in [0.2, 0.25) is 0 Å². The first-order valence-corrected chi connectivity index (χ1v) is 7.87. The lowest BCUT2D eigenvalue weighted by atomic mass is 9.97. The summed E-state index contributed by atoms with van der Waals surface area (Å²) >= 11 is 0. The van der Waals surface area contributed by atoms with E-state index < -0.39 is 0 Å². The number of amides is 1. The van der Waals surface area contributed by atoms with Gasteiger partial charge in [-0.05, 0) is 30.4 Å². The minimum atomic E-state index is -0.329. The maximum Gasteiger partial charge on any atom is 0.263 e. The van der Waals surface area contributed by atoms with E-state index in [1.807, 2.05) is 24.3 Å². The third kappa shape index (κ3) is 5.25. The van der Waals surface area contributed by atoms with E-state index >= 15 is 0 Å². The summed E-state index contributed by atoms with van der Waals surface area (Å²) in [6, 6.07) is 9.91. The Hall–Kier alpha value is -2.28. The van der Waals surface area contributed by atoms with Crippen molar-refractivity contribution in [1.82, 2.24) is 5.32 Å². The van der Waals surface area contributed by atoms with Gasteiger partial charge < -0.3 is 10.6 Å². The lowest BCUT2D eigenvalue weighted by Crippen LogP contribution is -2.25. The number of unbranched alkanes of at least 4 members (excludes halogenated alkanes) is 1. The number of para-hydroxylation sites is 1. The van der Waals surface area contributed by atoms with Crippen LogP contribution in [0.15, 0.2) is 36.0 Å². The Morgan fingerprint density at radius 1 is 1.36 bits per heavy atom. The molecule has 1 unspecified atom stereocenters. The lowest BCUT2D eigenvalue weighted by molar-refractivity contribution is -0.117. The maximum atomic E-state index is 11.9. The highest BCUT2D eigenvalue weighted by Gasteiger charge is 2.10. The fourth-order valence-electron chi connectivity index (χ4n) is 2.05. The van der Waals surface area contributed by atoms with Gasteiger partial charge in [0, 0.05) is 18.4 Å². The van der Waals surface area contributed by atoms with Crippen LogP contribution in [0.3, 0.4) is 0 Å².